The van der Waals surface area contributed by atoms with Crippen molar-refractivity contribution < 1.29 is 33.8 Å². The van der Waals surface area contributed by atoms with E-state index in [-0.39, 0.29) is 23.4 Å². The number of carboxylic acids is 1. The van der Waals surface area contributed by atoms with Gasteiger partial charge in [0.05, 0.1) is 24.5 Å². The Morgan fingerprint density at radius 2 is 1.78 bits per heavy atom. The predicted octanol–water partition coefficient (Wildman–Crippen LogP) is 3.61. The number of hydrogen-bond donors (Lipinski definition) is 2. The van der Waals surface area contributed by atoms with Gasteiger partial charge >= 0.3 is 5.97 Å². The van der Waals surface area contributed by atoms with E-state index < -0.39 is 23.7 Å². The molecule has 0 radical (unpaired) electrons. The Hall–Kier alpha value is -4.33. The Balaban J connectivity index is 1.78. The highest BCUT2D eigenvalue weighted by Crippen LogP contribution is 2.40. The fourth-order valence-electron chi connectivity index (χ4n) is 3.66. The van der Waals surface area contributed by atoms with Crippen LogP contribution >= 0.6 is 0 Å². The minimum atomic E-state index is -1.06. The molecule has 1 fully saturated rings. The van der Waals surface area contributed by atoms with Crippen molar-refractivity contribution in [3.8, 4) is 5.75 Å². The second-order valence-electron chi connectivity index (χ2n) is 7.18. The number of carboxylic acid groups (broad SMARTS) is 1. The number of carbonyl (C=O) groups is 3. The molecule has 1 aliphatic rings. The summed E-state index contributed by atoms with van der Waals surface area (Å²) in [5.74, 6) is -2.24. The van der Waals surface area contributed by atoms with Gasteiger partial charge in [0.2, 0.25) is 0 Å². The lowest BCUT2D eigenvalue weighted by Gasteiger charge is -2.23. The Labute approximate surface area is 183 Å². The molecule has 3 aromatic rings. The SMILES string of the molecule is COc1cccc(/C(O)=C2/C(=O)C(=O)N(Cc3ccc(C(=O)O)cc3)C2c2ccco2)c1. The van der Waals surface area contributed by atoms with Gasteiger partial charge in [0.15, 0.2) is 0 Å². The fourth-order valence-corrected chi connectivity index (χ4v) is 3.66. The highest BCUT2D eigenvalue weighted by molar-refractivity contribution is 6.46. The molecule has 0 spiro atoms. The Bertz CT molecular complexity index is 1210. The molecule has 4 rings (SSSR count). The molecule has 32 heavy (non-hydrogen) atoms. The third kappa shape index (κ3) is 3.74. The van der Waals surface area contributed by atoms with Crippen LogP contribution in [0.25, 0.3) is 5.76 Å². The standard InChI is InChI=1S/C24H19NO7/c1-31-17-5-2-4-16(12-17)21(26)19-20(18-6-3-11-32-18)25(23(28)22(19)27)13-14-7-9-15(10-8-14)24(29)30/h2-12,20,26H,13H2,1H3,(H,29,30)/b21-19-. The van der Waals surface area contributed by atoms with Crippen molar-refractivity contribution >= 4 is 23.4 Å². The molecule has 2 aromatic carbocycles. The van der Waals surface area contributed by atoms with Crippen LogP contribution in [0.1, 0.15) is 33.3 Å². The first-order chi connectivity index (χ1) is 15.4. The van der Waals surface area contributed by atoms with Gasteiger partial charge in [0, 0.05) is 12.1 Å². The summed E-state index contributed by atoms with van der Waals surface area (Å²) in [5.41, 5.74) is 0.955. The Morgan fingerprint density at radius 1 is 1.03 bits per heavy atom. The normalized spacial score (nSPS) is 17.5. The average molecular weight is 433 g/mol. The first-order valence-corrected chi connectivity index (χ1v) is 9.69. The number of aliphatic hydroxyl groups excluding tert-OH is 1. The number of aromatic carboxylic acids is 1. The molecule has 2 N–H and O–H groups in total. The topological polar surface area (TPSA) is 117 Å². The van der Waals surface area contributed by atoms with E-state index in [9.17, 15) is 19.5 Å². The summed E-state index contributed by atoms with van der Waals surface area (Å²) in [6, 6.07) is 14.8. The maximum absolute atomic E-state index is 13.0. The summed E-state index contributed by atoms with van der Waals surface area (Å²) in [7, 11) is 1.48. The number of Topliss-reactive ketones (excluding diaryl/α,β-unsaturated/α-hetero) is 1. The molecule has 1 atom stereocenters. The number of aliphatic hydroxyl groups is 1. The Kier molecular flexibility index (Phi) is 5.51. The number of ketones is 1. The van der Waals surface area contributed by atoms with Crippen LogP contribution in [0.5, 0.6) is 5.75 Å². The van der Waals surface area contributed by atoms with E-state index in [2.05, 4.69) is 0 Å². The second-order valence-corrected chi connectivity index (χ2v) is 7.18. The van der Waals surface area contributed by atoms with Crippen molar-refractivity contribution in [1.29, 1.82) is 0 Å². The first-order valence-electron chi connectivity index (χ1n) is 9.69. The number of furan rings is 1. The maximum atomic E-state index is 13.0. The van der Waals surface area contributed by atoms with E-state index in [0.717, 1.165) is 0 Å². The van der Waals surface area contributed by atoms with Crippen molar-refractivity contribution in [1.82, 2.24) is 4.90 Å². The van der Waals surface area contributed by atoms with Gasteiger partial charge in [-0.1, -0.05) is 24.3 Å². The molecule has 0 bridgehead atoms. The number of nitrogens with zero attached hydrogens (tertiary/aromatic N) is 1. The average Bonchev–Trinajstić information content (AvgIpc) is 3.42. The van der Waals surface area contributed by atoms with Crippen LogP contribution in [-0.4, -0.2) is 39.9 Å². The van der Waals surface area contributed by atoms with E-state index >= 15 is 0 Å². The number of hydrogen-bond acceptors (Lipinski definition) is 6. The minimum absolute atomic E-state index is 0.0186. The van der Waals surface area contributed by atoms with Crippen LogP contribution in [-0.2, 0) is 16.1 Å². The summed E-state index contributed by atoms with van der Waals surface area (Å²) >= 11 is 0. The quantitative estimate of drug-likeness (QED) is 0.346. The highest BCUT2D eigenvalue weighted by Gasteiger charge is 2.47. The fraction of sp³-hybridized carbons (Fsp3) is 0.125. The largest absolute Gasteiger partial charge is 0.507 e. The van der Waals surface area contributed by atoms with E-state index in [1.165, 1.54) is 30.4 Å². The third-order valence-electron chi connectivity index (χ3n) is 5.25. The van der Waals surface area contributed by atoms with E-state index in [0.29, 0.717) is 22.6 Å². The zero-order chi connectivity index (χ0) is 22.8. The molecule has 162 valence electrons. The van der Waals surface area contributed by atoms with Crippen molar-refractivity contribution in [2.45, 2.75) is 12.6 Å². The summed E-state index contributed by atoms with van der Waals surface area (Å²) < 4.78 is 10.7. The number of carbonyl (C=O) groups excluding carboxylic acids is 2. The molecule has 8 heteroatoms. The van der Waals surface area contributed by atoms with Gasteiger partial charge < -0.3 is 24.3 Å². The highest BCUT2D eigenvalue weighted by atomic mass is 16.5. The molecule has 1 saturated heterocycles. The molecule has 8 nitrogen and oxygen atoms in total. The van der Waals surface area contributed by atoms with Crippen LogP contribution in [0.15, 0.2) is 76.9 Å². The Morgan fingerprint density at radius 3 is 2.41 bits per heavy atom. The second kappa shape index (κ2) is 8.43. The van der Waals surface area contributed by atoms with E-state index in [4.69, 9.17) is 14.3 Å². The van der Waals surface area contributed by atoms with Gasteiger partial charge in [0.25, 0.3) is 11.7 Å². The molecule has 0 aliphatic carbocycles. The number of amides is 1. The molecule has 1 unspecified atom stereocenters. The van der Waals surface area contributed by atoms with Crippen LogP contribution in [0.3, 0.4) is 0 Å². The molecule has 0 saturated carbocycles. The van der Waals surface area contributed by atoms with Gasteiger partial charge in [0.1, 0.15) is 23.3 Å². The lowest BCUT2D eigenvalue weighted by molar-refractivity contribution is -0.140. The van der Waals surface area contributed by atoms with Crippen LogP contribution < -0.4 is 4.74 Å². The number of benzene rings is 2. The smallest absolute Gasteiger partial charge is 0.335 e. The van der Waals surface area contributed by atoms with Gasteiger partial charge in [-0.15, -0.1) is 0 Å². The van der Waals surface area contributed by atoms with Crippen LogP contribution in [0.2, 0.25) is 0 Å². The van der Waals surface area contributed by atoms with Gasteiger partial charge in [-0.3, -0.25) is 9.59 Å². The van der Waals surface area contributed by atoms with E-state index in [1.54, 1.807) is 48.5 Å². The van der Waals surface area contributed by atoms with Crippen LogP contribution in [0.4, 0.5) is 0 Å². The third-order valence-corrected chi connectivity index (χ3v) is 5.25. The lowest BCUT2D eigenvalue weighted by Crippen LogP contribution is -2.29. The number of rotatable bonds is 6. The number of methoxy groups -OCH3 is 1. The summed E-state index contributed by atoms with van der Waals surface area (Å²) in [6.45, 7) is 0.0186. The van der Waals surface area contributed by atoms with Gasteiger partial charge in [-0.25, -0.2) is 4.79 Å². The molecule has 1 aromatic heterocycles. The summed E-state index contributed by atoms with van der Waals surface area (Å²) in [6.07, 6.45) is 1.42. The maximum Gasteiger partial charge on any atom is 0.335 e. The molecule has 1 amide bonds. The first kappa shape index (κ1) is 20.9. The predicted molar refractivity (Wildman–Crippen MR) is 113 cm³/mol. The zero-order valence-corrected chi connectivity index (χ0v) is 17.0. The van der Waals surface area contributed by atoms with E-state index in [1.807, 2.05) is 0 Å². The minimum Gasteiger partial charge on any atom is -0.507 e. The molecule has 2 heterocycles. The molecular weight excluding hydrogens is 414 g/mol. The number of likely N-dealkylation sites (tertiary alicyclic amines) is 1. The van der Waals surface area contributed by atoms with Gasteiger partial charge in [-0.2, -0.15) is 0 Å². The van der Waals surface area contributed by atoms with Crippen LogP contribution in [0, 0.1) is 0 Å². The lowest BCUT2D eigenvalue weighted by atomic mass is 9.99. The summed E-state index contributed by atoms with van der Waals surface area (Å²) in [4.78, 5) is 38.3. The number of ether oxygens (including phenoxy) is 1. The zero-order valence-electron chi connectivity index (χ0n) is 17.0. The monoisotopic (exact) mass is 433 g/mol. The van der Waals surface area contributed by atoms with Crippen molar-refractivity contribution in [2.24, 2.45) is 0 Å². The van der Waals surface area contributed by atoms with Gasteiger partial charge in [-0.05, 0) is 42.0 Å². The van der Waals surface area contributed by atoms with Crippen molar-refractivity contribution in [3.05, 3.63) is 95.0 Å². The van der Waals surface area contributed by atoms with Crippen molar-refractivity contribution in [3.63, 3.8) is 0 Å². The molecular formula is C24H19NO7. The molecule has 1 aliphatic heterocycles. The summed E-state index contributed by atoms with van der Waals surface area (Å²) in [5, 5.41) is 20.1. The van der Waals surface area contributed by atoms with Crippen molar-refractivity contribution in [2.75, 3.05) is 7.11 Å².